The Labute approximate surface area is 163 Å². The third kappa shape index (κ3) is 4.31. The molecule has 5 nitrogen and oxygen atoms in total. The van der Waals surface area contributed by atoms with Gasteiger partial charge in [-0.15, -0.1) is 0 Å². The summed E-state index contributed by atoms with van der Waals surface area (Å²) in [4.78, 5) is 14.0. The molecule has 3 rings (SSSR count). The summed E-state index contributed by atoms with van der Waals surface area (Å²) in [5.41, 5.74) is 3.85. The summed E-state index contributed by atoms with van der Waals surface area (Å²) >= 11 is 5.92. The van der Waals surface area contributed by atoms with Crippen LogP contribution in [0.2, 0.25) is 5.02 Å². The van der Waals surface area contributed by atoms with Crippen LogP contribution in [-0.4, -0.2) is 27.6 Å². The van der Waals surface area contributed by atoms with E-state index in [0.717, 1.165) is 34.0 Å². The lowest BCUT2D eigenvalue weighted by Crippen LogP contribution is -2.23. The minimum absolute atomic E-state index is 0.0953. The number of amides is 1. The fourth-order valence-electron chi connectivity index (χ4n) is 2.86. The Morgan fingerprint density at radius 2 is 1.93 bits per heavy atom. The summed E-state index contributed by atoms with van der Waals surface area (Å²) in [6.45, 7) is 4.30. The molecule has 0 atom stereocenters. The zero-order valence-corrected chi connectivity index (χ0v) is 16.6. The van der Waals surface area contributed by atoms with E-state index in [1.165, 1.54) is 0 Å². The Bertz CT molecular complexity index is 984. The number of nitrogens with zero attached hydrogens (tertiary/aromatic N) is 3. The van der Waals surface area contributed by atoms with E-state index in [-0.39, 0.29) is 5.91 Å². The minimum Gasteiger partial charge on any atom is -0.459 e. The van der Waals surface area contributed by atoms with E-state index in [9.17, 15) is 4.79 Å². The molecule has 0 unspecified atom stereocenters. The van der Waals surface area contributed by atoms with Crippen molar-refractivity contribution in [3.63, 3.8) is 0 Å². The van der Waals surface area contributed by atoms with Crippen molar-refractivity contribution in [3.05, 3.63) is 70.2 Å². The second kappa shape index (κ2) is 7.84. The first-order chi connectivity index (χ1) is 12.8. The normalized spacial score (nSPS) is 11.3. The third-order valence-electron chi connectivity index (χ3n) is 4.52. The molecule has 1 aromatic carbocycles. The van der Waals surface area contributed by atoms with Crippen LogP contribution in [-0.2, 0) is 18.4 Å². The lowest BCUT2D eigenvalue weighted by molar-refractivity contribution is -0.125. The van der Waals surface area contributed by atoms with Crippen molar-refractivity contribution in [1.82, 2.24) is 14.7 Å². The standard InChI is InChI=1S/C21H22ClN3O2/c1-14-19(15(2)25(4)23-14)10-12-21(26)24(3)13-18-9-11-20(27-18)16-5-7-17(22)8-6-16/h5-12H,13H2,1-4H3. The molecule has 0 N–H and O–H groups in total. The smallest absolute Gasteiger partial charge is 0.246 e. The molecule has 27 heavy (non-hydrogen) atoms. The molecule has 2 aromatic heterocycles. The van der Waals surface area contributed by atoms with Gasteiger partial charge in [0, 0.05) is 42.0 Å². The summed E-state index contributed by atoms with van der Waals surface area (Å²) in [6, 6.07) is 11.2. The highest BCUT2D eigenvalue weighted by molar-refractivity contribution is 6.30. The Morgan fingerprint density at radius 3 is 2.56 bits per heavy atom. The van der Waals surface area contributed by atoms with Gasteiger partial charge in [-0.05, 0) is 56.3 Å². The molecule has 0 aliphatic rings. The molecule has 6 heteroatoms. The maximum Gasteiger partial charge on any atom is 0.246 e. The average Bonchev–Trinajstić information content (AvgIpc) is 3.19. The van der Waals surface area contributed by atoms with E-state index in [4.69, 9.17) is 16.0 Å². The van der Waals surface area contributed by atoms with Gasteiger partial charge in [0.1, 0.15) is 11.5 Å². The Kier molecular flexibility index (Phi) is 5.51. The number of hydrogen-bond donors (Lipinski definition) is 0. The quantitative estimate of drug-likeness (QED) is 0.604. The molecule has 0 radical (unpaired) electrons. The fourth-order valence-corrected chi connectivity index (χ4v) is 2.98. The maximum atomic E-state index is 12.4. The lowest BCUT2D eigenvalue weighted by Gasteiger charge is -2.13. The molecular weight excluding hydrogens is 362 g/mol. The van der Waals surface area contributed by atoms with Crippen LogP contribution in [0.4, 0.5) is 0 Å². The summed E-state index contributed by atoms with van der Waals surface area (Å²) < 4.78 is 7.67. The molecule has 0 saturated carbocycles. The van der Waals surface area contributed by atoms with Gasteiger partial charge in [0.25, 0.3) is 0 Å². The molecule has 140 valence electrons. The van der Waals surface area contributed by atoms with Gasteiger partial charge in [-0.25, -0.2) is 0 Å². The monoisotopic (exact) mass is 383 g/mol. The van der Waals surface area contributed by atoms with Crippen molar-refractivity contribution in [1.29, 1.82) is 0 Å². The van der Waals surface area contributed by atoms with E-state index < -0.39 is 0 Å². The van der Waals surface area contributed by atoms with E-state index in [2.05, 4.69) is 5.10 Å². The van der Waals surface area contributed by atoms with Crippen molar-refractivity contribution in [2.75, 3.05) is 7.05 Å². The number of hydrogen-bond acceptors (Lipinski definition) is 3. The molecule has 2 heterocycles. The molecule has 0 aliphatic heterocycles. The largest absolute Gasteiger partial charge is 0.459 e. The van der Waals surface area contributed by atoms with Crippen LogP contribution >= 0.6 is 11.6 Å². The van der Waals surface area contributed by atoms with Crippen LogP contribution < -0.4 is 0 Å². The Morgan fingerprint density at radius 1 is 1.22 bits per heavy atom. The molecule has 1 amide bonds. The van der Waals surface area contributed by atoms with Gasteiger partial charge in [-0.2, -0.15) is 5.10 Å². The van der Waals surface area contributed by atoms with Gasteiger partial charge in [-0.3, -0.25) is 9.48 Å². The van der Waals surface area contributed by atoms with E-state index in [1.807, 2.05) is 68.1 Å². The predicted octanol–water partition coefficient (Wildman–Crippen LogP) is 4.62. The highest BCUT2D eigenvalue weighted by Crippen LogP contribution is 2.24. The van der Waals surface area contributed by atoms with E-state index in [0.29, 0.717) is 11.6 Å². The number of aromatic nitrogens is 2. The van der Waals surface area contributed by atoms with Crippen molar-refractivity contribution in [2.45, 2.75) is 20.4 Å². The van der Waals surface area contributed by atoms with Gasteiger partial charge in [0.2, 0.25) is 5.91 Å². The van der Waals surface area contributed by atoms with Gasteiger partial charge in [-0.1, -0.05) is 11.6 Å². The second-order valence-corrected chi connectivity index (χ2v) is 6.95. The molecule has 3 aromatic rings. The number of likely N-dealkylation sites (N-methyl/N-ethyl adjacent to an activating group) is 1. The zero-order valence-electron chi connectivity index (χ0n) is 15.9. The predicted molar refractivity (Wildman–Crippen MR) is 107 cm³/mol. The summed E-state index contributed by atoms with van der Waals surface area (Å²) in [5, 5.41) is 5.04. The maximum absolute atomic E-state index is 12.4. The topological polar surface area (TPSA) is 51.3 Å². The lowest BCUT2D eigenvalue weighted by atomic mass is 10.2. The zero-order chi connectivity index (χ0) is 19.6. The summed E-state index contributed by atoms with van der Waals surface area (Å²) in [5.74, 6) is 1.37. The van der Waals surface area contributed by atoms with Crippen LogP contribution in [0.25, 0.3) is 17.4 Å². The van der Waals surface area contributed by atoms with Crippen LogP contribution in [0.3, 0.4) is 0 Å². The first-order valence-corrected chi connectivity index (χ1v) is 9.01. The van der Waals surface area contributed by atoms with Crippen molar-refractivity contribution in [2.24, 2.45) is 7.05 Å². The first-order valence-electron chi connectivity index (χ1n) is 8.63. The molecule has 0 fully saturated rings. The van der Waals surface area contributed by atoms with Crippen molar-refractivity contribution < 1.29 is 9.21 Å². The fraction of sp³-hybridized carbons (Fsp3) is 0.238. The van der Waals surface area contributed by atoms with Crippen molar-refractivity contribution in [3.8, 4) is 11.3 Å². The number of rotatable bonds is 5. The Hall–Kier alpha value is -2.79. The van der Waals surface area contributed by atoms with Gasteiger partial charge in [0.05, 0.1) is 12.2 Å². The first kappa shape index (κ1) is 19.0. The number of carbonyl (C=O) groups excluding carboxylic acids is 1. The Balaban J connectivity index is 1.66. The SMILES string of the molecule is Cc1nn(C)c(C)c1C=CC(=O)N(C)Cc1ccc(-c2ccc(Cl)cc2)o1. The van der Waals surface area contributed by atoms with Crippen LogP contribution in [0.5, 0.6) is 0 Å². The number of aryl methyl sites for hydroxylation is 2. The number of benzene rings is 1. The van der Waals surface area contributed by atoms with Gasteiger partial charge >= 0.3 is 0 Å². The van der Waals surface area contributed by atoms with Crippen molar-refractivity contribution >= 4 is 23.6 Å². The number of carbonyl (C=O) groups is 1. The molecule has 0 bridgehead atoms. The number of halogens is 1. The van der Waals surface area contributed by atoms with Crippen LogP contribution in [0, 0.1) is 13.8 Å². The highest BCUT2D eigenvalue weighted by Gasteiger charge is 2.12. The second-order valence-electron chi connectivity index (χ2n) is 6.51. The van der Waals surface area contributed by atoms with Gasteiger partial charge in [0.15, 0.2) is 0 Å². The van der Waals surface area contributed by atoms with Crippen LogP contribution in [0.1, 0.15) is 22.7 Å². The average molecular weight is 384 g/mol. The van der Waals surface area contributed by atoms with Gasteiger partial charge < -0.3 is 9.32 Å². The summed E-state index contributed by atoms with van der Waals surface area (Å²) in [7, 11) is 3.64. The highest BCUT2D eigenvalue weighted by atomic mass is 35.5. The number of furan rings is 1. The molecule has 0 spiro atoms. The van der Waals surface area contributed by atoms with E-state index in [1.54, 1.807) is 18.0 Å². The summed E-state index contributed by atoms with van der Waals surface area (Å²) in [6.07, 6.45) is 3.39. The third-order valence-corrected chi connectivity index (χ3v) is 4.77. The minimum atomic E-state index is -0.0953. The van der Waals surface area contributed by atoms with Crippen LogP contribution in [0.15, 0.2) is 46.9 Å². The molecule has 0 saturated heterocycles. The molecule has 0 aliphatic carbocycles. The van der Waals surface area contributed by atoms with E-state index >= 15 is 0 Å². The molecular formula is C21H22ClN3O2.